The predicted octanol–water partition coefficient (Wildman–Crippen LogP) is 4.92. The zero-order valence-corrected chi connectivity index (χ0v) is 22.6. The molecule has 1 aliphatic heterocycles. The number of hydrogen-bond donors (Lipinski definition) is 1. The molecule has 198 valence electrons. The average Bonchev–Trinajstić information content (AvgIpc) is 2.95. The second-order valence-electron chi connectivity index (χ2n) is 10.5. The summed E-state index contributed by atoms with van der Waals surface area (Å²) in [5.74, 6) is 1.72. The molecule has 0 aliphatic carbocycles. The number of ether oxygens (including phenoxy) is 1. The lowest BCUT2D eigenvalue weighted by molar-refractivity contribution is 0.415. The molecular weight excluding hydrogens is 474 g/mol. The molecule has 2 aromatic carbocycles. The Kier molecular flexibility index (Phi) is 8.03. The van der Waals surface area contributed by atoms with Crippen LogP contribution in [0.25, 0.3) is 22.2 Å². The van der Waals surface area contributed by atoms with Crippen molar-refractivity contribution in [3.05, 3.63) is 82.8 Å². The van der Waals surface area contributed by atoms with Crippen LogP contribution in [0.1, 0.15) is 32.3 Å². The quantitative estimate of drug-likeness (QED) is 0.344. The monoisotopic (exact) mass is 511 g/mol. The second kappa shape index (κ2) is 11.8. The number of fused-ring (bicyclic) bond motifs is 1. The van der Waals surface area contributed by atoms with Crippen LogP contribution in [0.15, 0.2) is 71.7 Å². The van der Waals surface area contributed by atoms with E-state index in [1.165, 1.54) is 5.56 Å². The number of anilines is 1. The summed E-state index contributed by atoms with van der Waals surface area (Å²) < 4.78 is 7.40. The minimum Gasteiger partial charge on any atom is -0.496 e. The molecule has 0 bridgehead atoms. The van der Waals surface area contributed by atoms with E-state index in [0.717, 1.165) is 61.2 Å². The second-order valence-corrected chi connectivity index (χ2v) is 10.5. The van der Waals surface area contributed by atoms with E-state index >= 15 is 0 Å². The van der Waals surface area contributed by atoms with Crippen molar-refractivity contribution in [2.45, 2.75) is 45.7 Å². The first-order valence-electron chi connectivity index (χ1n) is 13.6. The number of aromatic nitrogens is 3. The van der Waals surface area contributed by atoms with E-state index in [0.29, 0.717) is 30.1 Å². The fraction of sp³-hybridized carbons (Fsp3) is 0.387. The van der Waals surface area contributed by atoms with Gasteiger partial charge in [-0.2, -0.15) is 4.98 Å². The van der Waals surface area contributed by atoms with Gasteiger partial charge in [-0.3, -0.25) is 9.36 Å². The number of piperidine rings is 1. The summed E-state index contributed by atoms with van der Waals surface area (Å²) in [6.07, 6.45) is 4.99. The van der Waals surface area contributed by atoms with Crippen molar-refractivity contribution in [1.82, 2.24) is 19.9 Å². The number of nitrogens with one attached hydrogen (secondary N) is 1. The summed E-state index contributed by atoms with van der Waals surface area (Å²) in [6, 6.07) is 20.6. The molecule has 2 aromatic heterocycles. The lowest BCUT2D eigenvalue weighted by Gasteiger charge is -2.32. The van der Waals surface area contributed by atoms with Gasteiger partial charge in [0.2, 0.25) is 5.95 Å². The number of pyridine rings is 1. The van der Waals surface area contributed by atoms with Gasteiger partial charge in [0.15, 0.2) is 0 Å². The Hall–Kier alpha value is -3.71. The molecule has 5 rings (SSSR count). The fourth-order valence-electron chi connectivity index (χ4n) is 5.28. The number of methoxy groups -OCH3 is 1. The molecule has 4 aromatic rings. The molecule has 0 spiro atoms. The Morgan fingerprint density at radius 1 is 1.03 bits per heavy atom. The molecule has 1 aliphatic rings. The summed E-state index contributed by atoms with van der Waals surface area (Å²) in [4.78, 5) is 25.4. The Morgan fingerprint density at radius 2 is 1.76 bits per heavy atom. The van der Waals surface area contributed by atoms with Gasteiger partial charge < -0.3 is 15.0 Å². The van der Waals surface area contributed by atoms with Gasteiger partial charge in [-0.1, -0.05) is 62.4 Å². The van der Waals surface area contributed by atoms with Gasteiger partial charge in [-0.15, -0.1) is 0 Å². The maximum atomic E-state index is 13.3. The topological polar surface area (TPSA) is 72.3 Å². The normalized spacial score (nSPS) is 14.4. The Balaban J connectivity index is 1.38. The van der Waals surface area contributed by atoms with Gasteiger partial charge in [-0.25, -0.2) is 4.98 Å². The van der Waals surface area contributed by atoms with Crippen molar-refractivity contribution in [2.24, 2.45) is 5.92 Å². The van der Waals surface area contributed by atoms with Crippen LogP contribution < -0.4 is 20.5 Å². The molecule has 7 heteroatoms. The zero-order chi connectivity index (χ0) is 26.5. The van der Waals surface area contributed by atoms with Crippen molar-refractivity contribution in [1.29, 1.82) is 0 Å². The first kappa shape index (κ1) is 25.9. The number of para-hydroxylation sites is 1. The van der Waals surface area contributed by atoms with Gasteiger partial charge in [0.25, 0.3) is 5.56 Å². The van der Waals surface area contributed by atoms with Gasteiger partial charge in [-0.05, 0) is 43.4 Å². The van der Waals surface area contributed by atoms with Crippen LogP contribution in [-0.4, -0.2) is 47.3 Å². The van der Waals surface area contributed by atoms with E-state index < -0.39 is 0 Å². The van der Waals surface area contributed by atoms with Crippen molar-refractivity contribution >= 4 is 17.0 Å². The van der Waals surface area contributed by atoms with E-state index in [2.05, 4.69) is 54.4 Å². The summed E-state index contributed by atoms with van der Waals surface area (Å²) in [5, 5.41) is 4.58. The SMILES string of the molecule is COc1ccccc1-c1cc(=O)n(CC(C)C)c2nc(N3CCC(NCCc4ccccc4)CC3)ncc12. The molecular formula is C31H37N5O2. The lowest BCUT2D eigenvalue weighted by Crippen LogP contribution is -2.43. The first-order valence-corrected chi connectivity index (χ1v) is 13.6. The Bertz CT molecular complexity index is 1430. The minimum absolute atomic E-state index is 0.0573. The number of hydrogen-bond acceptors (Lipinski definition) is 6. The van der Waals surface area contributed by atoms with Crippen LogP contribution in [0.3, 0.4) is 0 Å². The standard InChI is InChI=1S/C31H37N5O2/c1-22(2)21-36-29(37)19-26(25-11-7-8-12-28(25)38-3)27-20-33-31(34-30(27)36)35-17-14-24(15-18-35)32-16-13-23-9-5-4-6-10-23/h4-12,19-20,22,24,32H,13-18,21H2,1-3H3. The smallest absolute Gasteiger partial charge is 0.252 e. The maximum Gasteiger partial charge on any atom is 0.252 e. The van der Waals surface area contributed by atoms with E-state index in [4.69, 9.17) is 14.7 Å². The van der Waals surface area contributed by atoms with Crippen LogP contribution in [0.4, 0.5) is 5.95 Å². The molecule has 7 nitrogen and oxygen atoms in total. The highest BCUT2D eigenvalue weighted by atomic mass is 16.5. The zero-order valence-electron chi connectivity index (χ0n) is 22.6. The van der Waals surface area contributed by atoms with Crippen LogP contribution >= 0.6 is 0 Å². The summed E-state index contributed by atoms with van der Waals surface area (Å²) >= 11 is 0. The van der Waals surface area contributed by atoms with E-state index in [1.54, 1.807) is 17.7 Å². The molecule has 0 saturated carbocycles. The molecule has 0 radical (unpaired) electrons. The maximum absolute atomic E-state index is 13.3. The van der Waals surface area contributed by atoms with Crippen LogP contribution in [-0.2, 0) is 13.0 Å². The van der Waals surface area contributed by atoms with Gasteiger partial charge in [0.1, 0.15) is 11.4 Å². The van der Waals surface area contributed by atoms with E-state index in [-0.39, 0.29) is 5.56 Å². The molecule has 3 heterocycles. The lowest BCUT2D eigenvalue weighted by atomic mass is 10.0. The molecule has 0 amide bonds. The van der Waals surface area contributed by atoms with E-state index in [9.17, 15) is 4.79 Å². The average molecular weight is 512 g/mol. The third-order valence-corrected chi connectivity index (χ3v) is 7.25. The first-order chi connectivity index (χ1) is 18.5. The highest BCUT2D eigenvalue weighted by molar-refractivity contribution is 5.94. The fourth-order valence-corrected chi connectivity index (χ4v) is 5.28. The minimum atomic E-state index is -0.0573. The van der Waals surface area contributed by atoms with Crippen LogP contribution in [0.2, 0.25) is 0 Å². The van der Waals surface area contributed by atoms with Crippen molar-refractivity contribution in [2.75, 3.05) is 31.6 Å². The number of benzene rings is 2. The summed E-state index contributed by atoms with van der Waals surface area (Å²) in [6.45, 7) is 7.58. The molecule has 0 unspecified atom stereocenters. The van der Waals surface area contributed by atoms with Crippen molar-refractivity contribution < 1.29 is 4.74 Å². The molecule has 1 fully saturated rings. The van der Waals surface area contributed by atoms with Gasteiger partial charge >= 0.3 is 0 Å². The number of nitrogens with zero attached hydrogens (tertiary/aromatic N) is 4. The van der Waals surface area contributed by atoms with Gasteiger partial charge in [0, 0.05) is 54.5 Å². The molecule has 0 atom stereocenters. The van der Waals surface area contributed by atoms with Crippen molar-refractivity contribution in [3.63, 3.8) is 0 Å². The predicted molar refractivity (Wildman–Crippen MR) is 154 cm³/mol. The van der Waals surface area contributed by atoms with Crippen LogP contribution in [0.5, 0.6) is 5.75 Å². The summed E-state index contributed by atoms with van der Waals surface area (Å²) in [5.41, 5.74) is 3.66. The van der Waals surface area contributed by atoms with E-state index in [1.807, 2.05) is 30.5 Å². The summed E-state index contributed by atoms with van der Waals surface area (Å²) in [7, 11) is 1.65. The molecule has 1 N–H and O–H groups in total. The third-order valence-electron chi connectivity index (χ3n) is 7.25. The third kappa shape index (κ3) is 5.73. The highest BCUT2D eigenvalue weighted by Gasteiger charge is 2.22. The molecule has 38 heavy (non-hydrogen) atoms. The Morgan fingerprint density at radius 3 is 2.50 bits per heavy atom. The van der Waals surface area contributed by atoms with Crippen LogP contribution in [0, 0.1) is 5.92 Å². The van der Waals surface area contributed by atoms with Crippen molar-refractivity contribution in [3.8, 4) is 16.9 Å². The highest BCUT2D eigenvalue weighted by Crippen LogP contribution is 2.34. The Labute approximate surface area is 224 Å². The molecule has 1 saturated heterocycles. The number of rotatable bonds is 9. The largest absolute Gasteiger partial charge is 0.496 e. The van der Waals surface area contributed by atoms with Gasteiger partial charge in [0.05, 0.1) is 7.11 Å².